The van der Waals surface area contributed by atoms with Crippen LogP contribution in [0.2, 0.25) is 0 Å². The third kappa shape index (κ3) is 5.11. The van der Waals surface area contributed by atoms with Crippen LogP contribution in [0.3, 0.4) is 0 Å². The van der Waals surface area contributed by atoms with Crippen LogP contribution in [0.15, 0.2) is 87.6 Å². The van der Waals surface area contributed by atoms with Crippen LogP contribution in [0.25, 0.3) is 10.8 Å². The summed E-state index contributed by atoms with van der Waals surface area (Å²) in [5.41, 5.74) is 2.77. The van der Waals surface area contributed by atoms with Crippen LogP contribution in [-0.2, 0) is 16.6 Å². The number of rotatable bonds is 8. The van der Waals surface area contributed by atoms with Gasteiger partial charge in [-0.15, -0.1) is 0 Å². The van der Waals surface area contributed by atoms with E-state index in [0.717, 1.165) is 24.5 Å². The fraction of sp³-hybridized carbons (Fsp3) is 0.185. The zero-order chi connectivity index (χ0) is 27.6. The van der Waals surface area contributed by atoms with Gasteiger partial charge in [0, 0.05) is 29.9 Å². The van der Waals surface area contributed by atoms with E-state index in [2.05, 4.69) is 10.5 Å². The van der Waals surface area contributed by atoms with Gasteiger partial charge in [0.25, 0.3) is 11.2 Å². The van der Waals surface area contributed by atoms with Crippen molar-refractivity contribution in [2.24, 2.45) is 5.10 Å². The SMILES string of the molecule is O=c1c2ccccc2c(/C=N\Nc2ccc(S(=O)(=O)N3CCCC3)cc2[N+](=O)[O-])c(O)n1Cc1ccccc1. The van der Waals surface area contributed by atoms with Crippen molar-refractivity contribution in [3.63, 3.8) is 0 Å². The lowest BCUT2D eigenvalue weighted by Gasteiger charge is -2.15. The lowest BCUT2D eigenvalue weighted by Crippen LogP contribution is -2.27. The monoisotopic (exact) mass is 547 g/mol. The van der Waals surface area contributed by atoms with Crippen LogP contribution in [-0.4, -0.2) is 46.6 Å². The van der Waals surface area contributed by atoms with Gasteiger partial charge < -0.3 is 5.11 Å². The highest BCUT2D eigenvalue weighted by Gasteiger charge is 2.29. The number of hydrogen-bond acceptors (Lipinski definition) is 8. The van der Waals surface area contributed by atoms with Gasteiger partial charge in [0.1, 0.15) is 5.69 Å². The summed E-state index contributed by atoms with van der Waals surface area (Å²) < 4.78 is 28.3. The molecule has 39 heavy (non-hydrogen) atoms. The number of nitro groups is 1. The third-order valence-corrected chi connectivity index (χ3v) is 8.51. The molecule has 1 aliphatic rings. The molecule has 1 saturated heterocycles. The van der Waals surface area contributed by atoms with Crippen LogP contribution in [0.5, 0.6) is 5.88 Å². The van der Waals surface area contributed by atoms with Gasteiger partial charge in [-0.2, -0.15) is 9.41 Å². The Hall–Kier alpha value is -4.55. The van der Waals surface area contributed by atoms with Gasteiger partial charge in [-0.1, -0.05) is 48.5 Å². The molecule has 11 nitrogen and oxygen atoms in total. The Balaban J connectivity index is 1.50. The molecule has 0 saturated carbocycles. The summed E-state index contributed by atoms with van der Waals surface area (Å²) in [6, 6.07) is 19.5. The van der Waals surface area contributed by atoms with E-state index in [1.807, 2.05) is 30.3 Å². The number of hydrogen-bond donors (Lipinski definition) is 2. The van der Waals surface area contributed by atoms with Gasteiger partial charge in [0.15, 0.2) is 0 Å². The second kappa shape index (κ2) is 10.7. The maximum atomic E-state index is 13.1. The number of fused-ring (bicyclic) bond motifs is 1. The van der Waals surface area contributed by atoms with Crippen molar-refractivity contribution in [2.45, 2.75) is 24.3 Å². The van der Waals surface area contributed by atoms with Crippen molar-refractivity contribution in [3.8, 4) is 5.88 Å². The van der Waals surface area contributed by atoms with Crippen LogP contribution < -0.4 is 11.0 Å². The van der Waals surface area contributed by atoms with Gasteiger partial charge in [-0.05, 0) is 36.6 Å². The molecular weight excluding hydrogens is 522 g/mol. The van der Waals surface area contributed by atoms with Crippen molar-refractivity contribution in [2.75, 3.05) is 18.5 Å². The van der Waals surface area contributed by atoms with Gasteiger partial charge in [-0.3, -0.25) is 24.9 Å². The van der Waals surface area contributed by atoms with E-state index in [4.69, 9.17) is 0 Å². The average molecular weight is 548 g/mol. The minimum absolute atomic E-state index is 0.0296. The smallest absolute Gasteiger partial charge is 0.295 e. The fourth-order valence-corrected chi connectivity index (χ4v) is 6.15. The maximum absolute atomic E-state index is 13.1. The molecule has 0 amide bonds. The predicted molar refractivity (Wildman–Crippen MR) is 148 cm³/mol. The summed E-state index contributed by atoms with van der Waals surface area (Å²) in [6.45, 7) is 0.887. The van der Waals surface area contributed by atoms with Gasteiger partial charge in [0.05, 0.1) is 28.1 Å². The van der Waals surface area contributed by atoms with E-state index in [1.165, 1.54) is 27.2 Å². The topological polar surface area (TPSA) is 147 Å². The van der Waals surface area contributed by atoms with Gasteiger partial charge in [0.2, 0.25) is 15.9 Å². The number of pyridine rings is 1. The largest absolute Gasteiger partial charge is 0.494 e. The Labute approximate surface area is 223 Å². The first kappa shape index (κ1) is 26.1. The van der Waals surface area contributed by atoms with E-state index in [0.29, 0.717) is 23.9 Å². The van der Waals surface area contributed by atoms with E-state index in [1.54, 1.807) is 24.3 Å². The molecule has 2 N–H and O–H groups in total. The molecule has 1 aliphatic heterocycles. The van der Waals surface area contributed by atoms with Crippen molar-refractivity contribution < 1.29 is 18.4 Å². The van der Waals surface area contributed by atoms with E-state index in [-0.39, 0.29) is 34.1 Å². The molecule has 0 spiro atoms. The zero-order valence-corrected chi connectivity index (χ0v) is 21.5. The molecule has 0 bridgehead atoms. The first-order chi connectivity index (χ1) is 18.8. The predicted octanol–water partition coefficient (Wildman–Crippen LogP) is 3.89. The summed E-state index contributed by atoms with van der Waals surface area (Å²) in [5.74, 6) is -0.311. The number of nitrogens with zero attached hydrogens (tertiary/aromatic N) is 4. The minimum Gasteiger partial charge on any atom is -0.494 e. The Morgan fingerprint density at radius 3 is 2.36 bits per heavy atom. The molecule has 0 aliphatic carbocycles. The van der Waals surface area contributed by atoms with Crippen molar-refractivity contribution in [3.05, 3.63) is 104 Å². The number of aromatic hydroxyl groups is 1. The van der Waals surface area contributed by atoms with Crippen LogP contribution in [0, 0.1) is 10.1 Å². The molecule has 200 valence electrons. The summed E-state index contributed by atoms with van der Waals surface area (Å²) >= 11 is 0. The highest BCUT2D eigenvalue weighted by Crippen LogP contribution is 2.30. The number of aromatic nitrogens is 1. The molecule has 3 aromatic carbocycles. The average Bonchev–Trinajstić information content (AvgIpc) is 3.50. The van der Waals surface area contributed by atoms with Gasteiger partial charge in [-0.25, -0.2) is 8.42 Å². The Bertz CT molecular complexity index is 1750. The zero-order valence-electron chi connectivity index (χ0n) is 20.7. The number of nitrogens with one attached hydrogen (secondary N) is 1. The van der Waals surface area contributed by atoms with Crippen LogP contribution in [0.4, 0.5) is 11.4 Å². The number of nitro benzene ring substituents is 1. The standard InChI is InChI=1S/C27H25N5O6S/c33-26-22-11-5-4-10-21(22)23(27(34)31(26)18-19-8-2-1-3-9-19)17-28-29-24-13-12-20(16-25(24)32(35)36)39(37,38)30-14-6-7-15-30/h1-5,8-13,16-17,29,34H,6-7,14-15,18H2/b28-17-. The molecule has 0 atom stereocenters. The second-order valence-corrected chi connectivity index (χ2v) is 11.0. The van der Waals surface area contributed by atoms with Crippen molar-refractivity contribution >= 4 is 38.4 Å². The Morgan fingerprint density at radius 2 is 1.67 bits per heavy atom. The minimum atomic E-state index is -3.84. The summed E-state index contributed by atoms with van der Waals surface area (Å²) in [4.78, 5) is 24.1. The molecule has 2 heterocycles. The summed E-state index contributed by atoms with van der Waals surface area (Å²) in [7, 11) is -3.84. The highest BCUT2D eigenvalue weighted by molar-refractivity contribution is 7.89. The number of sulfonamides is 1. The maximum Gasteiger partial charge on any atom is 0.295 e. The van der Waals surface area contributed by atoms with Crippen molar-refractivity contribution in [1.82, 2.24) is 8.87 Å². The van der Waals surface area contributed by atoms with E-state index < -0.39 is 20.6 Å². The normalized spacial score (nSPS) is 14.3. The molecule has 0 unspecified atom stereocenters. The van der Waals surface area contributed by atoms with Crippen LogP contribution >= 0.6 is 0 Å². The van der Waals surface area contributed by atoms with Crippen LogP contribution in [0.1, 0.15) is 24.0 Å². The molecule has 5 rings (SSSR count). The number of anilines is 1. The Kier molecular flexibility index (Phi) is 7.13. The van der Waals surface area contributed by atoms with Crippen molar-refractivity contribution in [1.29, 1.82) is 0 Å². The number of benzene rings is 3. The fourth-order valence-electron chi connectivity index (χ4n) is 4.61. The first-order valence-corrected chi connectivity index (χ1v) is 13.7. The lowest BCUT2D eigenvalue weighted by atomic mass is 10.1. The summed E-state index contributed by atoms with van der Waals surface area (Å²) in [5, 5.41) is 27.8. The second-order valence-electron chi connectivity index (χ2n) is 9.08. The van der Waals surface area contributed by atoms with E-state index >= 15 is 0 Å². The summed E-state index contributed by atoms with van der Waals surface area (Å²) in [6.07, 6.45) is 2.77. The first-order valence-electron chi connectivity index (χ1n) is 12.2. The molecule has 12 heteroatoms. The molecule has 4 aromatic rings. The molecular formula is C27H25N5O6S. The Morgan fingerprint density at radius 1 is 1.00 bits per heavy atom. The van der Waals surface area contributed by atoms with E-state index in [9.17, 15) is 28.4 Å². The lowest BCUT2D eigenvalue weighted by molar-refractivity contribution is -0.384. The highest BCUT2D eigenvalue weighted by atomic mass is 32.2. The third-order valence-electron chi connectivity index (χ3n) is 6.62. The molecule has 1 fully saturated rings. The number of hydrazone groups is 1. The molecule has 1 aromatic heterocycles. The van der Waals surface area contributed by atoms with Gasteiger partial charge >= 0.3 is 0 Å². The molecule has 0 radical (unpaired) electrons. The quantitative estimate of drug-likeness (QED) is 0.193.